The van der Waals surface area contributed by atoms with E-state index in [0.717, 1.165) is 5.69 Å². The molecule has 1 aliphatic rings. The van der Waals surface area contributed by atoms with Gasteiger partial charge in [0, 0.05) is 18.8 Å². The van der Waals surface area contributed by atoms with Gasteiger partial charge in [0.1, 0.15) is 5.69 Å². The van der Waals surface area contributed by atoms with E-state index in [1.54, 1.807) is 30.5 Å². The predicted molar refractivity (Wildman–Crippen MR) is 69.5 cm³/mol. The maximum absolute atomic E-state index is 11.7. The van der Waals surface area contributed by atoms with Crippen LogP contribution in [0.4, 0.5) is 0 Å². The average Bonchev–Trinajstić information content (AvgIpc) is 3.17. The van der Waals surface area contributed by atoms with Crippen molar-refractivity contribution in [3.63, 3.8) is 0 Å². The standard InChI is InChI=1S/C13H12ClN3O/c14-10-3-4-11(15-7-10)12-5-6-13(18)17(16-12)8-9-1-2-9/h3-7,9H,1-2,8H2. The molecule has 2 heterocycles. The second kappa shape index (κ2) is 4.53. The monoisotopic (exact) mass is 261 g/mol. The van der Waals surface area contributed by atoms with Crippen LogP contribution in [0.15, 0.2) is 35.3 Å². The van der Waals surface area contributed by atoms with Crippen LogP contribution in [0.1, 0.15) is 12.8 Å². The second-order valence-corrected chi connectivity index (χ2v) is 4.98. The Balaban J connectivity index is 1.96. The van der Waals surface area contributed by atoms with Gasteiger partial charge in [-0.15, -0.1) is 0 Å². The summed E-state index contributed by atoms with van der Waals surface area (Å²) in [6, 6.07) is 6.81. The van der Waals surface area contributed by atoms with Gasteiger partial charge in [-0.2, -0.15) is 5.10 Å². The second-order valence-electron chi connectivity index (χ2n) is 4.54. The highest BCUT2D eigenvalue weighted by Gasteiger charge is 2.22. The van der Waals surface area contributed by atoms with E-state index in [2.05, 4.69) is 10.1 Å². The molecule has 0 amide bonds. The van der Waals surface area contributed by atoms with Gasteiger partial charge in [-0.25, -0.2) is 4.68 Å². The highest BCUT2D eigenvalue weighted by Crippen LogP contribution is 2.29. The Bertz CT molecular complexity index is 617. The van der Waals surface area contributed by atoms with Crippen LogP contribution in [-0.2, 0) is 6.54 Å². The number of pyridine rings is 1. The van der Waals surface area contributed by atoms with E-state index >= 15 is 0 Å². The smallest absolute Gasteiger partial charge is 0.266 e. The summed E-state index contributed by atoms with van der Waals surface area (Å²) < 4.78 is 1.53. The Morgan fingerprint density at radius 3 is 2.67 bits per heavy atom. The van der Waals surface area contributed by atoms with E-state index in [9.17, 15) is 4.79 Å². The van der Waals surface area contributed by atoms with E-state index in [-0.39, 0.29) is 5.56 Å². The molecule has 0 aliphatic heterocycles. The van der Waals surface area contributed by atoms with Crippen molar-refractivity contribution >= 4 is 11.6 Å². The number of aromatic nitrogens is 3. The Morgan fingerprint density at radius 2 is 2.00 bits per heavy atom. The molecule has 1 saturated carbocycles. The summed E-state index contributed by atoms with van der Waals surface area (Å²) in [7, 11) is 0. The highest BCUT2D eigenvalue weighted by molar-refractivity contribution is 6.30. The molecule has 0 unspecified atom stereocenters. The minimum absolute atomic E-state index is 0.0559. The van der Waals surface area contributed by atoms with Crippen molar-refractivity contribution in [1.29, 1.82) is 0 Å². The molecule has 0 radical (unpaired) electrons. The maximum Gasteiger partial charge on any atom is 0.266 e. The predicted octanol–water partition coefficient (Wildman–Crippen LogP) is 2.37. The number of rotatable bonds is 3. The summed E-state index contributed by atoms with van der Waals surface area (Å²) in [6.07, 6.45) is 3.96. The zero-order chi connectivity index (χ0) is 12.5. The molecule has 1 fully saturated rings. The van der Waals surface area contributed by atoms with Crippen molar-refractivity contribution in [2.24, 2.45) is 5.92 Å². The third-order valence-corrected chi connectivity index (χ3v) is 3.21. The van der Waals surface area contributed by atoms with Crippen LogP contribution in [0.25, 0.3) is 11.4 Å². The van der Waals surface area contributed by atoms with Gasteiger partial charge in [0.15, 0.2) is 0 Å². The van der Waals surface area contributed by atoms with Gasteiger partial charge < -0.3 is 0 Å². The van der Waals surface area contributed by atoms with Gasteiger partial charge in [-0.05, 0) is 37.0 Å². The fourth-order valence-corrected chi connectivity index (χ4v) is 1.90. The number of hydrogen-bond donors (Lipinski definition) is 0. The first kappa shape index (κ1) is 11.4. The molecule has 0 saturated heterocycles. The number of nitrogens with zero attached hydrogens (tertiary/aromatic N) is 3. The first-order valence-electron chi connectivity index (χ1n) is 5.92. The SMILES string of the molecule is O=c1ccc(-c2ccc(Cl)cn2)nn1CC1CC1. The highest BCUT2D eigenvalue weighted by atomic mass is 35.5. The lowest BCUT2D eigenvalue weighted by atomic mass is 10.2. The van der Waals surface area contributed by atoms with Crippen LogP contribution >= 0.6 is 11.6 Å². The third kappa shape index (κ3) is 2.43. The molecule has 5 heteroatoms. The van der Waals surface area contributed by atoms with Crippen molar-refractivity contribution < 1.29 is 0 Å². The molecule has 0 aromatic carbocycles. The fourth-order valence-electron chi connectivity index (χ4n) is 1.79. The first-order chi connectivity index (χ1) is 8.72. The van der Waals surface area contributed by atoms with Crippen LogP contribution in [0, 0.1) is 5.92 Å². The molecule has 0 N–H and O–H groups in total. The van der Waals surface area contributed by atoms with Gasteiger partial charge in [-0.1, -0.05) is 11.6 Å². The van der Waals surface area contributed by atoms with Crippen LogP contribution in [0.3, 0.4) is 0 Å². The molecule has 92 valence electrons. The molecular weight excluding hydrogens is 250 g/mol. The molecule has 2 aromatic heterocycles. The lowest BCUT2D eigenvalue weighted by Crippen LogP contribution is -2.23. The Hall–Kier alpha value is -1.68. The van der Waals surface area contributed by atoms with Crippen molar-refractivity contribution in [3.05, 3.63) is 45.8 Å². The van der Waals surface area contributed by atoms with E-state index in [1.165, 1.54) is 17.5 Å². The summed E-state index contributed by atoms with van der Waals surface area (Å²) in [4.78, 5) is 15.9. The van der Waals surface area contributed by atoms with Gasteiger partial charge in [0.05, 0.1) is 10.7 Å². The van der Waals surface area contributed by atoms with Crippen LogP contribution < -0.4 is 5.56 Å². The van der Waals surface area contributed by atoms with Gasteiger partial charge in [0.2, 0.25) is 0 Å². The van der Waals surface area contributed by atoms with Crippen molar-refractivity contribution in [2.75, 3.05) is 0 Å². The van der Waals surface area contributed by atoms with Crippen molar-refractivity contribution in [1.82, 2.24) is 14.8 Å². The number of hydrogen-bond acceptors (Lipinski definition) is 3. The largest absolute Gasteiger partial charge is 0.268 e. The molecular formula is C13H12ClN3O. The molecule has 0 atom stereocenters. The van der Waals surface area contributed by atoms with Crippen LogP contribution in [-0.4, -0.2) is 14.8 Å². The normalized spacial score (nSPS) is 14.7. The van der Waals surface area contributed by atoms with E-state index < -0.39 is 0 Å². The lowest BCUT2D eigenvalue weighted by Gasteiger charge is -2.05. The maximum atomic E-state index is 11.7. The number of halogens is 1. The van der Waals surface area contributed by atoms with E-state index in [0.29, 0.717) is 23.2 Å². The summed E-state index contributed by atoms with van der Waals surface area (Å²) in [5, 5.41) is 4.94. The Labute approximate surface area is 109 Å². The average molecular weight is 262 g/mol. The summed E-state index contributed by atoms with van der Waals surface area (Å²) in [5.74, 6) is 0.614. The Kier molecular flexibility index (Phi) is 2.88. The molecule has 4 nitrogen and oxygen atoms in total. The van der Waals surface area contributed by atoms with Gasteiger partial charge >= 0.3 is 0 Å². The minimum atomic E-state index is -0.0559. The van der Waals surface area contributed by atoms with Gasteiger partial charge in [-0.3, -0.25) is 9.78 Å². The summed E-state index contributed by atoms with van der Waals surface area (Å²) in [6.45, 7) is 0.709. The zero-order valence-corrected chi connectivity index (χ0v) is 10.5. The molecule has 1 aliphatic carbocycles. The third-order valence-electron chi connectivity index (χ3n) is 2.98. The van der Waals surface area contributed by atoms with Gasteiger partial charge in [0.25, 0.3) is 5.56 Å². The summed E-state index contributed by atoms with van der Waals surface area (Å²) in [5.41, 5.74) is 1.37. The van der Waals surface area contributed by atoms with Crippen molar-refractivity contribution in [3.8, 4) is 11.4 Å². The van der Waals surface area contributed by atoms with Crippen LogP contribution in [0.2, 0.25) is 5.02 Å². The molecule has 0 bridgehead atoms. The topological polar surface area (TPSA) is 47.8 Å². The fraction of sp³-hybridized carbons (Fsp3) is 0.308. The minimum Gasteiger partial charge on any atom is -0.268 e. The quantitative estimate of drug-likeness (QED) is 0.852. The van der Waals surface area contributed by atoms with E-state index in [4.69, 9.17) is 11.6 Å². The Morgan fingerprint density at radius 1 is 1.22 bits per heavy atom. The lowest BCUT2D eigenvalue weighted by molar-refractivity contribution is 0.535. The summed E-state index contributed by atoms with van der Waals surface area (Å²) >= 11 is 5.79. The molecule has 18 heavy (non-hydrogen) atoms. The van der Waals surface area contributed by atoms with E-state index in [1.807, 2.05) is 0 Å². The van der Waals surface area contributed by atoms with Crippen molar-refractivity contribution in [2.45, 2.75) is 19.4 Å². The molecule has 0 spiro atoms. The molecule has 2 aromatic rings. The molecule has 3 rings (SSSR count). The zero-order valence-electron chi connectivity index (χ0n) is 9.71. The van der Waals surface area contributed by atoms with Crippen LogP contribution in [0.5, 0.6) is 0 Å². The first-order valence-corrected chi connectivity index (χ1v) is 6.30.